The summed E-state index contributed by atoms with van der Waals surface area (Å²) in [5.41, 5.74) is 7.74. The van der Waals surface area contributed by atoms with Crippen LogP contribution in [-0.2, 0) is 11.3 Å². The molecule has 0 spiro atoms. The predicted molar refractivity (Wildman–Crippen MR) is 127 cm³/mol. The molecule has 0 aliphatic carbocycles. The van der Waals surface area contributed by atoms with Crippen molar-refractivity contribution in [2.45, 2.75) is 65.5 Å². The fourth-order valence-corrected chi connectivity index (χ4v) is 3.73. The van der Waals surface area contributed by atoms with Gasteiger partial charge in [-0.3, -0.25) is 9.79 Å². The fourth-order valence-electron chi connectivity index (χ4n) is 3.73. The number of nitrogens with zero attached hydrogens (tertiary/aromatic N) is 2. The van der Waals surface area contributed by atoms with Crippen LogP contribution in [0, 0.1) is 12.8 Å². The maximum absolute atomic E-state index is 11.3. The third kappa shape index (κ3) is 8.77. The Morgan fingerprint density at radius 3 is 2.68 bits per heavy atom. The number of carbonyl (C=O) groups excluding carboxylic acids is 1. The van der Waals surface area contributed by atoms with Crippen molar-refractivity contribution in [3.05, 3.63) is 29.3 Å². The molecule has 1 aliphatic heterocycles. The number of hydrogen-bond donors (Lipinski definition) is 3. The normalized spacial score (nSPS) is 16.7. The van der Waals surface area contributed by atoms with Gasteiger partial charge in [-0.15, -0.1) is 0 Å². The molecule has 1 saturated heterocycles. The van der Waals surface area contributed by atoms with Gasteiger partial charge in [0, 0.05) is 31.6 Å². The number of hydrogen-bond acceptors (Lipinski definition) is 4. The van der Waals surface area contributed by atoms with Crippen LogP contribution in [0.5, 0.6) is 5.75 Å². The molecule has 0 radical (unpaired) electrons. The highest BCUT2D eigenvalue weighted by Crippen LogP contribution is 2.22. The van der Waals surface area contributed by atoms with Crippen molar-refractivity contribution in [3.63, 3.8) is 0 Å². The Morgan fingerprint density at radius 2 is 2.03 bits per heavy atom. The van der Waals surface area contributed by atoms with Crippen molar-refractivity contribution in [1.29, 1.82) is 0 Å². The molecule has 0 bridgehead atoms. The monoisotopic (exact) mass is 431 g/mol. The lowest BCUT2D eigenvalue weighted by molar-refractivity contribution is -0.123. The average Bonchev–Trinajstić information content (AvgIpc) is 2.76. The van der Waals surface area contributed by atoms with Crippen molar-refractivity contribution in [2.75, 3.05) is 33.2 Å². The van der Waals surface area contributed by atoms with Crippen LogP contribution in [0.4, 0.5) is 0 Å². The van der Waals surface area contributed by atoms with Crippen LogP contribution < -0.4 is 21.1 Å². The number of benzene rings is 1. The van der Waals surface area contributed by atoms with E-state index in [0.29, 0.717) is 6.54 Å². The molecule has 1 unspecified atom stereocenters. The molecule has 1 atom stereocenters. The van der Waals surface area contributed by atoms with Crippen molar-refractivity contribution >= 4 is 11.9 Å². The molecule has 4 N–H and O–H groups in total. The van der Waals surface area contributed by atoms with Crippen molar-refractivity contribution in [2.24, 2.45) is 16.6 Å². The molecule has 1 heterocycles. The van der Waals surface area contributed by atoms with Crippen LogP contribution >= 0.6 is 0 Å². The van der Waals surface area contributed by atoms with Gasteiger partial charge in [-0.25, -0.2) is 0 Å². The number of guanidine groups is 1. The second kappa shape index (κ2) is 13.2. The molecule has 1 fully saturated rings. The molecule has 1 aliphatic rings. The number of piperidine rings is 1. The SMILES string of the molecule is CCC(C)Oc1cc(C)ccc1CNC(=NC)NCCCCN1CCC(C(N)=O)CC1. The number of rotatable bonds is 11. The van der Waals surface area contributed by atoms with Crippen LogP contribution in [0.15, 0.2) is 23.2 Å². The molecule has 1 aromatic carbocycles. The van der Waals surface area contributed by atoms with E-state index in [-0.39, 0.29) is 17.9 Å². The summed E-state index contributed by atoms with van der Waals surface area (Å²) in [6.45, 7) is 10.9. The predicted octanol–water partition coefficient (Wildman–Crippen LogP) is 2.81. The largest absolute Gasteiger partial charge is 0.490 e. The summed E-state index contributed by atoms with van der Waals surface area (Å²) >= 11 is 0. The zero-order valence-corrected chi connectivity index (χ0v) is 19.7. The first-order valence-corrected chi connectivity index (χ1v) is 11.6. The Labute approximate surface area is 187 Å². The lowest BCUT2D eigenvalue weighted by atomic mass is 9.96. The molecule has 7 heteroatoms. The van der Waals surface area contributed by atoms with Gasteiger partial charge in [0.05, 0.1) is 6.10 Å². The Morgan fingerprint density at radius 1 is 1.29 bits per heavy atom. The molecule has 1 aromatic rings. The second-order valence-corrected chi connectivity index (χ2v) is 8.53. The fraction of sp³-hybridized carbons (Fsp3) is 0.667. The van der Waals surface area contributed by atoms with E-state index in [2.05, 4.69) is 59.5 Å². The van der Waals surface area contributed by atoms with E-state index >= 15 is 0 Å². The Kier molecular flexibility index (Phi) is 10.6. The third-order valence-corrected chi connectivity index (χ3v) is 5.98. The lowest BCUT2D eigenvalue weighted by Crippen LogP contribution is -2.39. The van der Waals surface area contributed by atoms with E-state index in [0.717, 1.165) is 75.6 Å². The molecular formula is C24H41N5O2. The van der Waals surface area contributed by atoms with Gasteiger partial charge in [0.2, 0.25) is 5.91 Å². The maximum Gasteiger partial charge on any atom is 0.220 e. The number of carbonyl (C=O) groups is 1. The molecule has 1 amide bonds. The number of nitrogens with two attached hydrogens (primary N) is 1. The minimum atomic E-state index is -0.146. The summed E-state index contributed by atoms with van der Waals surface area (Å²) < 4.78 is 6.10. The first kappa shape index (κ1) is 25.0. The van der Waals surface area contributed by atoms with Crippen LogP contribution in [0.1, 0.15) is 57.1 Å². The van der Waals surface area contributed by atoms with Gasteiger partial charge in [-0.05, 0) is 77.2 Å². The molecule has 0 aromatic heterocycles. The molecule has 31 heavy (non-hydrogen) atoms. The smallest absolute Gasteiger partial charge is 0.220 e. The number of aryl methyl sites for hydroxylation is 1. The number of ether oxygens (including phenoxy) is 1. The number of likely N-dealkylation sites (tertiary alicyclic amines) is 1. The summed E-state index contributed by atoms with van der Waals surface area (Å²) in [6, 6.07) is 6.34. The number of unbranched alkanes of at least 4 members (excludes halogenated alkanes) is 1. The number of amides is 1. The van der Waals surface area contributed by atoms with Gasteiger partial charge in [0.25, 0.3) is 0 Å². The summed E-state index contributed by atoms with van der Waals surface area (Å²) in [5, 5.41) is 6.80. The Hall–Kier alpha value is -2.28. The van der Waals surface area contributed by atoms with Gasteiger partial charge in [-0.2, -0.15) is 0 Å². The topological polar surface area (TPSA) is 92.0 Å². The van der Waals surface area contributed by atoms with Crippen molar-refractivity contribution < 1.29 is 9.53 Å². The van der Waals surface area contributed by atoms with Gasteiger partial charge >= 0.3 is 0 Å². The Balaban J connectivity index is 1.68. The zero-order valence-electron chi connectivity index (χ0n) is 19.7. The van der Waals surface area contributed by atoms with Crippen LogP contribution in [0.25, 0.3) is 0 Å². The summed E-state index contributed by atoms with van der Waals surface area (Å²) in [4.78, 5) is 18.0. The van der Waals surface area contributed by atoms with E-state index < -0.39 is 0 Å². The molecular weight excluding hydrogens is 390 g/mol. The van der Waals surface area contributed by atoms with E-state index in [9.17, 15) is 4.79 Å². The summed E-state index contributed by atoms with van der Waals surface area (Å²) in [7, 11) is 1.80. The van der Waals surface area contributed by atoms with Crippen molar-refractivity contribution in [1.82, 2.24) is 15.5 Å². The highest BCUT2D eigenvalue weighted by Gasteiger charge is 2.22. The highest BCUT2D eigenvalue weighted by molar-refractivity contribution is 5.79. The number of aliphatic imine (C=N–C) groups is 1. The standard InChI is InChI=1S/C24H41N5O2/c1-5-19(3)31-22-16-18(2)8-9-21(22)17-28-24(26-4)27-12-6-7-13-29-14-10-20(11-15-29)23(25)30/h8-9,16,19-20H,5-7,10-15,17H2,1-4H3,(H2,25,30)(H2,26,27,28). The average molecular weight is 432 g/mol. The van der Waals surface area contributed by atoms with E-state index in [1.165, 1.54) is 5.56 Å². The second-order valence-electron chi connectivity index (χ2n) is 8.53. The van der Waals surface area contributed by atoms with E-state index in [4.69, 9.17) is 10.5 Å². The molecule has 174 valence electrons. The van der Waals surface area contributed by atoms with Gasteiger partial charge in [-0.1, -0.05) is 19.1 Å². The molecule has 7 nitrogen and oxygen atoms in total. The van der Waals surface area contributed by atoms with Crippen LogP contribution in [0.2, 0.25) is 0 Å². The maximum atomic E-state index is 11.3. The van der Waals surface area contributed by atoms with Crippen LogP contribution in [0.3, 0.4) is 0 Å². The molecule has 0 saturated carbocycles. The first-order valence-electron chi connectivity index (χ1n) is 11.6. The Bertz CT molecular complexity index is 714. The highest BCUT2D eigenvalue weighted by atomic mass is 16.5. The van der Waals surface area contributed by atoms with Gasteiger partial charge in [0.1, 0.15) is 5.75 Å². The van der Waals surface area contributed by atoms with E-state index in [1.807, 2.05) is 0 Å². The summed E-state index contributed by atoms with van der Waals surface area (Å²) in [5.74, 6) is 1.67. The quantitative estimate of drug-likeness (QED) is 0.285. The van der Waals surface area contributed by atoms with E-state index in [1.54, 1.807) is 7.05 Å². The number of nitrogens with one attached hydrogen (secondary N) is 2. The first-order chi connectivity index (χ1) is 14.9. The minimum absolute atomic E-state index is 0.0666. The zero-order chi connectivity index (χ0) is 22.6. The van der Waals surface area contributed by atoms with Crippen molar-refractivity contribution in [3.8, 4) is 5.75 Å². The number of primary amides is 1. The third-order valence-electron chi connectivity index (χ3n) is 5.98. The lowest BCUT2D eigenvalue weighted by Gasteiger charge is -2.30. The van der Waals surface area contributed by atoms with Crippen LogP contribution in [-0.4, -0.2) is 56.1 Å². The van der Waals surface area contributed by atoms with Gasteiger partial charge < -0.3 is 26.0 Å². The molecule has 2 rings (SSSR count). The minimum Gasteiger partial charge on any atom is -0.490 e. The summed E-state index contributed by atoms with van der Waals surface area (Å²) in [6.07, 6.45) is 5.16. The van der Waals surface area contributed by atoms with Gasteiger partial charge in [0.15, 0.2) is 5.96 Å².